The van der Waals surface area contributed by atoms with Gasteiger partial charge in [0.2, 0.25) is 0 Å². The number of hydrogen-bond acceptors (Lipinski definition) is 0. The lowest BCUT2D eigenvalue weighted by Gasteiger charge is -2.34. The normalized spacial score (nSPS) is 18.6. The molecule has 0 bridgehead atoms. The molecule has 0 aromatic heterocycles. The van der Waals surface area contributed by atoms with Gasteiger partial charge in [-0.25, -0.2) is 0 Å². The van der Waals surface area contributed by atoms with E-state index >= 15 is 0 Å². The maximum atomic E-state index is 3.89. The minimum atomic E-state index is 0.355. The molecule has 0 fully saturated rings. The van der Waals surface area contributed by atoms with Gasteiger partial charge >= 0.3 is 0 Å². The molecule has 98 valence electrons. The van der Waals surface area contributed by atoms with E-state index in [4.69, 9.17) is 0 Å². The van der Waals surface area contributed by atoms with Crippen LogP contribution in [0, 0.1) is 6.92 Å². The van der Waals surface area contributed by atoms with E-state index in [-0.39, 0.29) is 0 Å². The van der Waals surface area contributed by atoms with Gasteiger partial charge in [-0.1, -0.05) is 72.1 Å². The third-order valence-electron chi connectivity index (χ3n) is 3.82. The molecule has 0 aliphatic heterocycles. The summed E-state index contributed by atoms with van der Waals surface area (Å²) in [5.74, 6) is 0.571. The fourth-order valence-corrected chi connectivity index (χ4v) is 4.87. The molecule has 2 atom stereocenters. The Labute approximate surface area is 139 Å². The average Bonchev–Trinajstić information content (AvgIpc) is 2.35. The molecule has 19 heavy (non-hydrogen) atoms. The smallest absolute Gasteiger partial charge is 0.0478 e. The summed E-state index contributed by atoms with van der Waals surface area (Å²) in [6, 6.07) is 13.1. The summed E-state index contributed by atoms with van der Waals surface area (Å²) in [7, 11) is 0. The monoisotopic (exact) mass is 442 g/mol. The molecule has 0 nitrogen and oxygen atoms in total. The second-order valence-corrected chi connectivity index (χ2v) is 7.73. The predicted molar refractivity (Wildman–Crippen MR) is 91.1 cm³/mol. The SMILES string of the molecule is Cc1cc(Br)c(C(Br)C2Cc3ccccc32)cc1Br. The van der Waals surface area contributed by atoms with Gasteiger partial charge in [0.05, 0.1) is 0 Å². The summed E-state index contributed by atoms with van der Waals surface area (Å²) in [6.07, 6.45) is 1.16. The van der Waals surface area contributed by atoms with Crippen LogP contribution in [-0.2, 0) is 6.42 Å². The number of fused-ring (bicyclic) bond motifs is 1. The molecule has 3 heteroatoms. The van der Waals surface area contributed by atoms with Crippen LogP contribution in [0.4, 0.5) is 0 Å². The van der Waals surface area contributed by atoms with E-state index in [1.807, 2.05) is 0 Å². The van der Waals surface area contributed by atoms with Crippen LogP contribution in [0.2, 0.25) is 0 Å². The lowest BCUT2D eigenvalue weighted by Crippen LogP contribution is -2.21. The van der Waals surface area contributed by atoms with Crippen molar-refractivity contribution in [3.8, 4) is 0 Å². The van der Waals surface area contributed by atoms with Crippen LogP contribution in [0.15, 0.2) is 45.3 Å². The van der Waals surface area contributed by atoms with Crippen molar-refractivity contribution in [2.24, 2.45) is 0 Å². The van der Waals surface area contributed by atoms with Gasteiger partial charge in [-0.3, -0.25) is 0 Å². The van der Waals surface area contributed by atoms with E-state index in [1.165, 1.54) is 31.2 Å². The summed E-state index contributed by atoms with van der Waals surface area (Å²) in [5, 5.41) is 0. The highest BCUT2D eigenvalue weighted by molar-refractivity contribution is 9.11. The molecule has 2 unspecified atom stereocenters. The van der Waals surface area contributed by atoms with Gasteiger partial charge in [-0.2, -0.15) is 0 Å². The first-order valence-corrected chi connectivity index (χ1v) is 8.75. The van der Waals surface area contributed by atoms with Gasteiger partial charge in [-0.05, 0) is 47.7 Å². The zero-order valence-corrected chi connectivity index (χ0v) is 15.2. The average molecular weight is 445 g/mol. The molecule has 0 saturated carbocycles. The van der Waals surface area contributed by atoms with Crippen molar-refractivity contribution in [2.75, 3.05) is 0 Å². The van der Waals surface area contributed by atoms with Crippen molar-refractivity contribution < 1.29 is 0 Å². The van der Waals surface area contributed by atoms with Crippen LogP contribution in [0.3, 0.4) is 0 Å². The van der Waals surface area contributed by atoms with Crippen molar-refractivity contribution in [3.63, 3.8) is 0 Å². The van der Waals surface area contributed by atoms with Crippen molar-refractivity contribution in [3.05, 3.63) is 67.6 Å². The van der Waals surface area contributed by atoms with Crippen LogP contribution in [0.5, 0.6) is 0 Å². The molecule has 2 aromatic rings. The highest BCUT2D eigenvalue weighted by Crippen LogP contribution is 2.49. The fraction of sp³-hybridized carbons (Fsp3) is 0.250. The zero-order chi connectivity index (χ0) is 13.6. The molecular formula is C16H13Br3. The van der Waals surface area contributed by atoms with E-state index in [0.717, 1.165) is 6.42 Å². The Hall–Kier alpha value is -0.120. The molecule has 1 aliphatic carbocycles. The van der Waals surface area contributed by atoms with Crippen molar-refractivity contribution in [1.82, 2.24) is 0 Å². The Morgan fingerprint density at radius 3 is 2.58 bits per heavy atom. The van der Waals surface area contributed by atoms with Gasteiger partial charge < -0.3 is 0 Å². The molecular weight excluding hydrogens is 432 g/mol. The standard InChI is InChI=1S/C16H13Br3/c1-9-6-15(18)13(8-14(9)17)16(19)12-7-10-4-2-3-5-11(10)12/h2-6,8,12,16H,7H2,1H3. The molecule has 0 amide bonds. The highest BCUT2D eigenvalue weighted by Gasteiger charge is 2.33. The maximum Gasteiger partial charge on any atom is 0.0478 e. The number of halogens is 3. The van der Waals surface area contributed by atoms with Gasteiger partial charge in [-0.15, -0.1) is 0 Å². The molecule has 0 heterocycles. The van der Waals surface area contributed by atoms with E-state index in [9.17, 15) is 0 Å². The first-order chi connectivity index (χ1) is 9.08. The lowest BCUT2D eigenvalue weighted by molar-refractivity contribution is 0.598. The van der Waals surface area contributed by atoms with E-state index in [1.54, 1.807) is 0 Å². The molecule has 2 aromatic carbocycles. The Bertz CT molecular complexity index is 634. The first-order valence-electron chi connectivity index (χ1n) is 6.25. The Kier molecular flexibility index (Phi) is 3.89. The topological polar surface area (TPSA) is 0 Å². The van der Waals surface area contributed by atoms with Crippen LogP contribution in [0.1, 0.15) is 33.0 Å². The second kappa shape index (κ2) is 5.34. The van der Waals surface area contributed by atoms with Gasteiger partial charge in [0.15, 0.2) is 0 Å². The zero-order valence-electron chi connectivity index (χ0n) is 10.5. The highest BCUT2D eigenvalue weighted by atomic mass is 79.9. The van der Waals surface area contributed by atoms with Crippen LogP contribution in [0.25, 0.3) is 0 Å². The first kappa shape index (κ1) is 13.8. The second-order valence-electron chi connectivity index (χ2n) is 5.03. The summed E-state index contributed by atoms with van der Waals surface area (Å²) in [6.45, 7) is 2.11. The van der Waals surface area contributed by atoms with Crippen molar-refractivity contribution >= 4 is 47.8 Å². The predicted octanol–water partition coefficient (Wildman–Crippen LogP) is 6.30. The van der Waals surface area contributed by atoms with Crippen LogP contribution < -0.4 is 0 Å². The van der Waals surface area contributed by atoms with Gasteiger partial charge in [0.1, 0.15) is 0 Å². The number of hydrogen-bond donors (Lipinski definition) is 0. The van der Waals surface area contributed by atoms with Crippen LogP contribution >= 0.6 is 47.8 Å². The summed E-state index contributed by atoms with van der Waals surface area (Å²) in [5.41, 5.74) is 5.54. The van der Waals surface area contributed by atoms with Crippen molar-refractivity contribution in [2.45, 2.75) is 24.1 Å². The number of benzene rings is 2. The lowest BCUT2D eigenvalue weighted by atomic mass is 9.74. The Morgan fingerprint density at radius 2 is 1.84 bits per heavy atom. The molecule has 1 aliphatic rings. The van der Waals surface area contributed by atoms with E-state index < -0.39 is 0 Å². The van der Waals surface area contributed by atoms with Gasteiger partial charge in [0, 0.05) is 19.7 Å². The quantitative estimate of drug-likeness (QED) is 0.477. The minimum absolute atomic E-state index is 0.355. The third kappa shape index (κ3) is 2.45. The number of rotatable bonds is 2. The number of aryl methyl sites for hydroxylation is 1. The van der Waals surface area contributed by atoms with Crippen molar-refractivity contribution in [1.29, 1.82) is 0 Å². The summed E-state index contributed by atoms with van der Waals surface area (Å²) >= 11 is 11.2. The Balaban J connectivity index is 1.94. The molecule has 0 N–H and O–H groups in total. The molecule has 0 saturated heterocycles. The van der Waals surface area contributed by atoms with Gasteiger partial charge in [0.25, 0.3) is 0 Å². The van der Waals surface area contributed by atoms with Crippen LogP contribution in [-0.4, -0.2) is 0 Å². The molecule has 0 radical (unpaired) electrons. The summed E-state index contributed by atoms with van der Waals surface area (Å²) < 4.78 is 2.35. The Morgan fingerprint density at radius 1 is 1.11 bits per heavy atom. The molecule has 3 rings (SSSR count). The van der Waals surface area contributed by atoms with E-state index in [0.29, 0.717) is 10.7 Å². The number of alkyl halides is 1. The minimum Gasteiger partial charge on any atom is -0.0832 e. The maximum absolute atomic E-state index is 3.89. The summed E-state index contributed by atoms with van der Waals surface area (Å²) in [4.78, 5) is 0.355. The fourth-order valence-electron chi connectivity index (χ4n) is 2.65. The largest absolute Gasteiger partial charge is 0.0832 e. The third-order valence-corrected chi connectivity index (χ3v) is 6.50. The molecule has 0 spiro atoms. The van der Waals surface area contributed by atoms with E-state index in [2.05, 4.69) is 91.1 Å².